The van der Waals surface area contributed by atoms with Crippen LogP contribution in [0.25, 0.3) is 0 Å². The molecule has 0 amide bonds. The Labute approximate surface area is 288 Å². The lowest BCUT2D eigenvalue weighted by Crippen LogP contribution is -2.66. The quantitative estimate of drug-likeness (QED) is 0.125. The van der Waals surface area contributed by atoms with E-state index in [1.807, 2.05) is 13.8 Å². The summed E-state index contributed by atoms with van der Waals surface area (Å²) in [5.74, 6) is 2.35. The normalized spacial score (nSPS) is 42.4. The summed E-state index contributed by atoms with van der Waals surface area (Å²) in [7, 11) is 0. The Morgan fingerprint density at radius 3 is 2.26 bits per heavy atom. The van der Waals surface area contributed by atoms with Crippen LogP contribution in [-0.2, 0) is 14.3 Å². The number of hydrogen-bond acceptors (Lipinski definition) is 4. The van der Waals surface area contributed by atoms with Gasteiger partial charge >= 0.3 is 11.9 Å². The number of carboxylic acids is 1. The highest BCUT2D eigenvalue weighted by atomic mass is 16.5. The molecular weight excluding hydrogens is 582 g/mol. The third-order valence-corrected chi connectivity index (χ3v) is 16.2. The summed E-state index contributed by atoms with van der Waals surface area (Å²) in [6.07, 6.45) is 16.6. The topological polar surface area (TPSA) is 75.6 Å². The molecule has 0 aromatic carbocycles. The minimum absolute atomic E-state index is 0.0257. The third-order valence-electron chi connectivity index (χ3n) is 16.2. The van der Waals surface area contributed by atoms with E-state index in [0.29, 0.717) is 34.0 Å². The second-order valence-corrected chi connectivity index (χ2v) is 19.7. The average Bonchev–Trinajstić information content (AvgIpc) is 3.34. The molecule has 0 spiro atoms. The number of fused-ring (bicyclic) bond motifs is 7. The van der Waals surface area contributed by atoms with Crippen LogP contribution in [0.3, 0.4) is 0 Å². The fraction of sp³-hybridized carbons (Fsp3) is 0.905. The number of rotatable bonds is 12. The van der Waals surface area contributed by atoms with Gasteiger partial charge in [0.2, 0.25) is 0 Å². The van der Waals surface area contributed by atoms with Gasteiger partial charge < -0.3 is 15.2 Å². The van der Waals surface area contributed by atoms with Crippen molar-refractivity contribution in [2.24, 2.45) is 62.1 Å². The van der Waals surface area contributed by atoms with Crippen molar-refractivity contribution in [1.29, 1.82) is 0 Å². The van der Waals surface area contributed by atoms with Crippen LogP contribution >= 0.6 is 0 Å². The first-order chi connectivity index (χ1) is 21.9. The lowest BCUT2D eigenvalue weighted by Gasteiger charge is -2.73. The third kappa shape index (κ3) is 6.28. The Bertz CT molecular complexity index is 1190. The minimum atomic E-state index is -0.864. The van der Waals surface area contributed by atoms with Gasteiger partial charge in [0, 0.05) is 5.41 Å². The molecule has 47 heavy (non-hydrogen) atoms. The number of carboxylic acid groups (broad SMARTS) is 1. The Morgan fingerprint density at radius 1 is 0.872 bits per heavy atom. The standard InChI is InChI=1S/C42H71NO4/c1-11-24-43-25-12-18-42-21-15-29(28(2)3)36(42)30-13-14-32-39(8)19-17-33(47-35(46)27-37(4,5)26-34(44)45)38(6,7)31(39)16-20-41(32,10)40(30,9)22-23-42/h29-33,36,43H,2,11-27H2,1,3-10H3,(H,44,45)/t29-,30+,31-,32+,33-,36+,39-,40+,41+,42+/m0/s1. The van der Waals surface area contributed by atoms with Gasteiger partial charge in [-0.3, -0.25) is 9.59 Å². The molecule has 0 radical (unpaired) electrons. The number of hydrogen-bond donors (Lipinski definition) is 2. The molecule has 2 N–H and O–H groups in total. The van der Waals surface area contributed by atoms with E-state index in [4.69, 9.17) is 4.74 Å². The largest absolute Gasteiger partial charge is 0.481 e. The van der Waals surface area contributed by atoms with Crippen LogP contribution in [0.2, 0.25) is 0 Å². The van der Waals surface area contributed by atoms with Crippen LogP contribution in [0.15, 0.2) is 12.2 Å². The Morgan fingerprint density at radius 2 is 1.60 bits per heavy atom. The minimum Gasteiger partial charge on any atom is -0.481 e. The van der Waals surface area contributed by atoms with Crippen molar-refractivity contribution in [2.45, 2.75) is 165 Å². The first kappa shape index (κ1) is 36.9. The van der Waals surface area contributed by atoms with E-state index in [-0.39, 0.29) is 35.7 Å². The fourth-order valence-corrected chi connectivity index (χ4v) is 13.8. The van der Waals surface area contributed by atoms with Crippen molar-refractivity contribution in [3.05, 3.63) is 12.2 Å². The van der Waals surface area contributed by atoms with Gasteiger partial charge in [0.1, 0.15) is 6.10 Å². The highest BCUT2D eigenvalue weighted by molar-refractivity contribution is 5.73. The fourth-order valence-electron chi connectivity index (χ4n) is 13.8. The van der Waals surface area contributed by atoms with Crippen molar-refractivity contribution in [1.82, 2.24) is 5.32 Å². The second-order valence-electron chi connectivity index (χ2n) is 19.7. The first-order valence-corrected chi connectivity index (χ1v) is 19.6. The Hall–Kier alpha value is -1.36. The second kappa shape index (κ2) is 13.1. The van der Waals surface area contributed by atoms with E-state index in [1.54, 1.807) is 0 Å². The van der Waals surface area contributed by atoms with Crippen LogP contribution < -0.4 is 5.32 Å². The maximum atomic E-state index is 13.2. The number of allylic oxidation sites excluding steroid dienone is 1. The molecule has 5 nitrogen and oxygen atoms in total. The molecule has 10 atom stereocenters. The summed E-state index contributed by atoms with van der Waals surface area (Å²) in [5.41, 5.74) is 2.12. The van der Waals surface area contributed by atoms with Crippen LogP contribution in [-0.4, -0.2) is 36.2 Å². The maximum Gasteiger partial charge on any atom is 0.306 e. The van der Waals surface area contributed by atoms with Gasteiger partial charge in [-0.15, -0.1) is 0 Å². The van der Waals surface area contributed by atoms with Gasteiger partial charge in [-0.1, -0.05) is 67.5 Å². The summed E-state index contributed by atoms with van der Waals surface area (Å²) in [5, 5.41) is 13.0. The predicted octanol–water partition coefficient (Wildman–Crippen LogP) is 10.2. The van der Waals surface area contributed by atoms with Crippen LogP contribution in [0.4, 0.5) is 0 Å². The zero-order valence-electron chi connectivity index (χ0n) is 31.9. The van der Waals surface area contributed by atoms with Gasteiger partial charge in [-0.25, -0.2) is 0 Å². The van der Waals surface area contributed by atoms with Gasteiger partial charge in [0.05, 0.1) is 12.8 Å². The summed E-state index contributed by atoms with van der Waals surface area (Å²) in [6.45, 7) is 28.0. The molecule has 5 rings (SSSR count). The number of carbonyl (C=O) groups excluding carboxylic acids is 1. The molecule has 0 bridgehead atoms. The van der Waals surface area contributed by atoms with Crippen molar-refractivity contribution in [3.8, 4) is 0 Å². The zero-order chi connectivity index (χ0) is 34.6. The highest BCUT2D eigenvalue weighted by Gasteiger charge is 2.71. The van der Waals surface area contributed by atoms with Gasteiger partial charge in [-0.05, 0) is 160 Å². The lowest BCUT2D eigenvalue weighted by atomic mass is 9.32. The molecule has 0 aromatic heterocycles. The van der Waals surface area contributed by atoms with Crippen molar-refractivity contribution >= 4 is 11.9 Å². The predicted molar refractivity (Wildman–Crippen MR) is 192 cm³/mol. The summed E-state index contributed by atoms with van der Waals surface area (Å²) >= 11 is 0. The number of esters is 1. The van der Waals surface area contributed by atoms with Crippen LogP contribution in [0.5, 0.6) is 0 Å². The number of aliphatic carboxylic acids is 1. The van der Waals surface area contributed by atoms with Crippen molar-refractivity contribution < 1.29 is 19.4 Å². The van der Waals surface area contributed by atoms with Gasteiger partial charge in [-0.2, -0.15) is 0 Å². The molecule has 5 aliphatic carbocycles. The molecule has 5 fully saturated rings. The van der Waals surface area contributed by atoms with E-state index in [2.05, 4.69) is 60.4 Å². The molecule has 5 aliphatic rings. The molecule has 0 aromatic rings. The van der Waals surface area contributed by atoms with Crippen LogP contribution in [0, 0.1) is 62.1 Å². The molecule has 5 saturated carbocycles. The summed E-state index contributed by atoms with van der Waals surface area (Å²) in [4.78, 5) is 24.6. The van der Waals surface area contributed by atoms with E-state index < -0.39 is 11.4 Å². The molecule has 0 heterocycles. The lowest BCUT2D eigenvalue weighted by molar-refractivity contribution is -0.250. The zero-order valence-corrected chi connectivity index (χ0v) is 31.9. The Kier molecular flexibility index (Phi) is 10.3. The summed E-state index contributed by atoms with van der Waals surface area (Å²) in [6, 6.07) is 0. The van der Waals surface area contributed by atoms with E-state index >= 15 is 0 Å². The summed E-state index contributed by atoms with van der Waals surface area (Å²) < 4.78 is 6.29. The highest BCUT2D eigenvalue weighted by Crippen LogP contribution is 2.78. The molecule has 5 heteroatoms. The molecule has 0 saturated heterocycles. The molecule has 0 unspecified atom stereocenters. The smallest absolute Gasteiger partial charge is 0.306 e. The number of nitrogens with one attached hydrogen (secondary N) is 1. The van der Waals surface area contributed by atoms with Crippen molar-refractivity contribution in [2.75, 3.05) is 13.1 Å². The van der Waals surface area contributed by atoms with Crippen LogP contribution in [0.1, 0.15) is 159 Å². The van der Waals surface area contributed by atoms with Crippen molar-refractivity contribution in [3.63, 3.8) is 0 Å². The Balaban J connectivity index is 1.36. The monoisotopic (exact) mass is 654 g/mol. The molecular formula is C42H71NO4. The molecule has 268 valence electrons. The first-order valence-electron chi connectivity index (χ1n) is 19.6. The van der Waals surface area contributed by atoms with E-state index in [0.717, 1.165) is 37.8 Å². The van der Waals surface area contributed by atoms with Gasteiger partial charge in [0.25, 0.3) is 0 Å². The van der Waals surface area contributed by atoms with E-state index in [1.165, 1.54) is 76.2 Å². The SMILES string of the molecule is C=C(C)[C@@H]1CC[C@]2(CCCNCCC)CC[C@]3(C)[C@H](CC[C@@H]4[C@@]5(C)CC[C@H](OC(=O)CC(C)(C)CC(=O)O)C(C)(C)[C@@H]5CC[C@]43C)[C@@H]12. The number of ether oxygens (including phenoxy) is 1. The average molecular weight is 654 g/mol. The molecule has 0 aliphatic heterocycles. The number of carbonyl (C=O) groups is 2. The van der Waals surface area contributed by atoms with E-state index in [9.17, 15) is 14.7 Å². The van der Waals surface area contributed by atoms with Gasteiger partial charge in [0.15, 0.2) is 0 Å². The maximum absolute atomic E-state index is 13.2.